The topological polar surface area (TPSA) is 87.7 Å². The third kappa shape index (κ3) is 4.66. The highest BCUT2D eigenvalue weighted by Crippen LogP contribution is 2.32. The highest BCUT2D eigenvalue weighted by atomic mass is 16.5. The Morgan fingerprint density at radius 1 is 1.29 bits per heavy atom. The zero-order valence-corrected chi connectivity index (χ0v) is 11.8. The van der Waals surface area contributed by atoms with Gasteiger partial charge in [-0.05, 0) is 24.5 Å². The Labute approximate surface area is 123 Å². The summed E-state index contributed by atoms with van der Waals surface area (Å²) < 4.78 is 5.58. The maximum atomic E-state index is 11.6. The number of fused-ring (bicyclic) bond motifs is 1. The maximum absolute atomic E-state index is 11.6. The number of carbonyl (C=O) groups excluding carboxylic acids is 1. The highest BCUT2D eigenvalue weighted by molar-refractivity contribution is 5.74. The number of rotatable bonds is 6. The molecule has 0 aliphatic carbocycles. The van der Waals surface area contributed by atoms with E-state index in [0.29, 0.717) is 26.1 Å². The molecule has 21 heavy (non-hydrogen) atoms. The first-order valence-corrected chi connectivity index (χ1v) is 7.12. The van der Waals surface area contributed by atoms with E-state index < -0.39 is 5.97 Å². The molecule has 114 valence electrons. The first-order valence-electron chi connectivity index (χ1n) is 7.12. The fraction of sp³-hybridized carbons (Fsp3) is 0.467. The first kappa shape index (κ1) is 15.2. The predicted molar refractivity (Wildman–Crippen MR) is 77.6 cm³/mol. The van der Waals surface area contributed by atoms with Crippen molar-refractivity contribution in [3.05, 3.63) is 29.8 Å². The molecule has 1 heterocycles. The summed E-state index contributed by atoms with van der Waals surface area (Å²) in [6.45, 7) is 1.57. The molecule has 1 aromatic carbocycles. The lowest BCUT2D eigenvalue weighted by Crippen LogP contribution is -2.39. The zero-order chi connectivity index (χ0) is 15.1. The van der Waals surface area contributed by atoms with Crippen LogP contribution in [-0.2, 0) is 4.79 Å². The minimum absolute atomic E-state index is 0.0631. The normalized spacial score (nSPS) is 16.5. The van der Waals surface area contributed by atoms with Crippen LogP contribution in [0.3, 0.4) is 0 Å². The van der Waals surface area contributed by atoms with Gasteiger partial charge in [-0.1, -0.05) is 18.2 Å². The van der Waals surface area contributed by atoms with Gasteiger partial charge in [0.1, 0.15) is 5.75 Å². The molecule has 1 aliphatic heterocycles. The number of hydrogen-bond donors (Lipinski definition) is 3. The van der Waals surface area contributed by atoms with Crippen LogP contribution in [0.25, 0.3) is 0 Å². The van der Waals surface area contributed by atoms with Crippen LogP contribution < -0.4 is 15.4 Å². The number of urea groups is 1. The SMILES string of the molecule is O=C(O)CCCNC(=O)NCC1CCOc2ccccc21. The number of carbonyl (C=O) groups is 2. The van der Waals surface area contributed by atoms with Crippen molar-refractivity contribution in [2.45, 2.75) is 25.2 Å². The van der Waals surface area contributed by atoms with Gasteiger partial charge in [0.2, 0.25) is 0 Å². The Morgan fingerprint density at radius 3 is 2.90 bits per heavy atom. The van der Waals surface area contributed by atoms with Gasteiger partial charge in [0.15, 0.2) is 0 Å². The van der Waals surface area contributed by atoms with Gasteiger partial charge in [-0.3, -0.25) is 4.79 Å². The molecule has 0 bridgehead atoms. The minimum Gasteiger partial charge on any atom is -0.493 e. The van der Waals surface area contributed by atoms with Crippen molar-refractivity contribution in [3.8, 4) is 5.75 Å². The van der Waals surface area contributed by atoms with E-state index in [0.717, 1.165) is 17.7 Å². The van der Waals surface area contributed by atoms with Gasteiger partial charge >= 0.3 is 12.0 Å². The van der Waals surface area contributed by atoms with E-state index in [4.69, 9.17) is 9.84 Å². The Hall–Kier alpha value is -2.24. The van der Waals surface area contributed by atoms with Crippen molar-refractivity contribution in [1.29, 1.82) is 0 Å². The number of carboxylic acids is 1. The monoisotopic (exact) mass is 292 g/mol. The van der Waals surface area contributed by atoms with Crippen molar-refractivity contribution < 1.29 is 19.4 Å². The molecule has 0 fully saturated rings. The Balaban J connectivity index is 1.74. The summed E-state index contributed by atoms with van der Waals surface area (Å²) in [6, 6.07) is 7.60. The molecule has 0 saturated heterocycles. The molecule has 0 saturated carbocycles. The van der Waals surface area contributed by atoms with E-state index in [2.05, 4.69) is 10.6 Å². The molecule has 6 nitrogen and oxygen atoms in total. The van der Waals surface area contributed by atoms with Crippen molar-refractivity contribution in [3.63, 3.8) is 0 Å². The summed E-state index contributed by atoms with van der Waals surface area (Å²) in [5.74, 6) is 0.285. The van der Waals surface area contributed by atoms with E-state index in [1.165, 1.54) is 0 Å². The van der Waals surface area contributed by atoms with Crippen LogP contribution in [0.2, 0.25) is 0 Å². The number of carboxylic acid groups (broad SMARTS) is 1. The van der Waals surface area contributed by atoms with E-state index in [9.17, 15) is 9.59 Å². The number of nitrogens with one attached hydrogen (secondary N) is 2. The molecule has 1 aliphatic rings. The lowest BCUT2D eigenvalue weighted by atomic mass is 9.93. The summed E-state index contributed by atoms with van der Waals surface area (Å²) in [4.78, 5) is 22.0. The third-order valence-corrected chi connectivity index (χ3v) is 3.44. The number of hydrogen-bond acceptors (Lipinski definition) is 3. The number of benzene rings is 1. The second-order valence-electron chi connectivity index (χ2n) is 5.01. The Morgan fingerprint density at radius 2 is 2.10 bits per heavy atom. The van der Waals surface area contributed by atoms with Gasteiger partial charge in [0.25, 0.3) is 0 Å². The number of ether oxygens (including phenoxy) is 1. The van der Waals surface area contributed by atoms with E-state index in [1.54, 1.807) is 0 Å². The van der Waals surface area contributed by atoms with Gasteiger partial charge in [-0.15, -0.1) is 0 Å². The van der Waals surface area contributed by atoms with Gasteiger partial charge in [0, 0.05) is 25.4 Å². The van der Waals surface area contributed by atoms with Crippen molar-refractivity contribution in [2.75, 3.05) is 19.7 Å². The standard InChI is InChI=1S/C15H20N2O4/c18-14(19)6-3-8-16-15(20)17-10-11-7-9-21-13-5-2-1-4-12(11)13/h1-2,4-5,11H,3,6-10H2,(H,18,19)(H2,16,17,20). The summed E-state index contributed by atoms with van der Waals surface area (Å²) in [6.07, 6.45) is 1.37. The molecule has 0 spiro atoms. The fourth-order valence-electron chi connectivity index (χ4n) is 2.35. The molecular weight excluding hydrogens is 272 g/mol. The largest absolute Gasteiger partial charge is 0.493 e. The zero-order valence-electron chi connectivity index (χ0n) is 11.8. The van der Waals surface area contributed by atoms with E-state index >= 15 is 0 Å². The van der Waals surface area contributed by atoms with E-state index in [-0.39, 0.29) is 18.4 Å². The summed E-state index contributed by atoms with van der Waals surface area (Å²) in [7, 11) is 0. The van der Waals surface area contributed by atoms with E-state index in [1.807, 2.05) is 24.3 Å². The molecule has 6 heteroatoms. The van der Waals surface area contributed by atoms with Crippen molar-refractivity contribution >= 4 is 12.0 Å². The van der Waals surface area contributed by atoms with Crippen LogP contribution in [0.4, 0.5) is 4.79 Å². The molecule has 1 aromatic rings. The quantitative estimate of drug-likeness (QED) is 0.697. The Kier molecular flexibility index (Phi) is 5.43. The highest BCUT2D eigenvalue weighted by Gasteiger charge is 2.21. The maximum Gasteiger partial charge on any atom is 0.314 e. The molecule has 1 atom stereocenters. The summed E-state index contributed by atoms with van der Waals surface area (Å²) in [5, 5.41) is 14.0. The number of para-hydroxylation sites is 1. The van der Waals surface area contributed by atoms with Gasteiger partial charge < -0.3 is 20.5 Å². The number of aliphatic carboxylic acids is 1. The fourth-order valence-corrected chi connectivity index (χ4v) is 2.35. The van der Waals surface area contributed by atoms with Crippen molar-refractivity contribution in [2.24, 2.45) is 0 Å². The minimum atomic E-state index is -0.851. The van der Waals surface area contributed by atoms with Crippen LogP contribution in [-0.4, -0.2) is 36.8 Å². The van der Waals surface area contributed by atoms with Crippen LogP contribution in [0.5, 0.6) is 5.75 Å². The second-order valence-corrected chi connectivity index (χ2v) is 5.01. The van der Waals surface area contributed by atoms with Gasteiger partial charge in [-0.25, -0.2) is 4.79 Å². The average molecular weight is 292 g/mol. The van der Waals surface area contributed by atoms with Crippen molar-refractivity contribution in [1.82, 2.24) is 10.6 Å². The first-order chi connectivity index (χ1) is 10.2. The smallest absolute Gasteiger partial charge is 0.314 e. The lowest BCUT2D eigenvalue weighted by molar-refractivity contribution is -0.137. The molecule has 3 N–H and O–H groups in total. The summed E-state index contributed by atoms with van der Waals surface area (Å²) >= 11 is 0. The van der Waals surface area contributed by atoms with Crippen LogP contribution >= 0.6 is 0 Å². The summed E-state index contributed by atoms with van der Waals surface area (Å²) in [5.41, 5.74) is 1.12. The van der Waals surface area contributed by atoms with Crippen LogP contribution in [0.15, 0.2) is 24.3 Å². The van der Waals surface area contributed by atoms with Crippen LogP contribution in [0.1, 0.15) is 30.7 Å². The molecule has 0 radical (unpaired) electrons. The van der Waals surface area contributed by atoms with Gasteiger partial charge in [-0.2, -0.15) is 0 Å². The lowest BCUT2D eigenvalue weighted by Gasteiger charge is -2.26. The second kappa shape index (κ2) is 7.52. The third-order valence-electron chi connectivity index (χ3n) is 3.44. The van der Waals surface area contributed by atoms with Gasteiger partial charge in [0.05, 0.1) is 6.61 Å². The molecule has 2 amide bonds. The number of amides is 2. The molecule has 0 aromatic heterocycles. The molecular formula is C15H20N2O4. The molecule has 1 unspecified atom stereocenters. The Bertz CT molecular complexity index is 504. The molecule has 2 rings (SSSR count). The van der Waals surface area contributed by atoms with Crippen LogP contribution in [0, 0.1) is 0 Å². The predicted octanol–water partition coefficient (Wildman–Crippen LogP) is 1.72. The average Bonchev–Trinajstić information content (AvgIpc) is 2.49.